The summed E-state index contributed by atoms with van der Waals surface area (Å²) in [5.41, 5.74) is 0.681. The lowest BCUT2D eigenvalue weighted by Crippen LogP contribution is -2.09. The summed E-state index contributed by atoms with van der Waals surface area (Å²) in [4.78, 5) is 25.6. The molecule has 4 nitrogen and oxygen atoms in total. The number of hydrogen-bond donors (Lipinski definition) is 0. The van der Waals surface area contributed by atoms with Gasteiger partial charge in [-0.2, -0.15) is 0 Å². The van der Waals surface area contributed by atoms with E-state index in [1.807, 2.05) is 24.3 Å². The van der Waals surface area contributed by atoms with Crippen molar-refractivity contribution in [2.24, 2.45) is 0 Å². The van der Waals surface area contributed by atoms with Gasteiger partial charge in [-0.05, 0) is 72.0 Å². The van der Waals surface area contributed by atoms with Gasteiger partial charge in [-0.15, -0.1) is 0 Å². The molecule has 120 valence electrons. The molecule has 0 saturated carbocycles. The molecule has 2 aromatic carbocycles. The van der Waals surface area contributed by atoms with E-state index < -0.39 is 11.9 Å². The number of methoxy groups -OCH3 is 1. The van der Waals surface area contributed by atoms with E-state index in [1.165, 1.54) is 24.9 Å². The number of rotatable bonds is 5. The highest BCUT2D eigenvalue weighted by Gasteiger charge is 2.17. The standard InChI is InChI=1S/C17H15IO4S/c1-3-22-17(20)14-10-11(16(19)21-2)4-9-15(14)23-13-7-5-12(18)6-8-13/h4-10H,3H2,1-2H3. The second-order valence-electron chi connectivity index (χ2n) is 4.48. The number of benzene rings is 2. The summed E-state index contributed by atoms with van der Waals surface area (Å²) in [5, 5.41) is 0. The monoisotopic (exact) mass is 442 g/mol. The molecule has 2 aromatic rings. The van der Waals surface area contributed by atoms with Crippen molar-refractivity contribution in [3.8, 4) is 0 Å². The Morgan fingerprint density at radius 2 is 1.78 bits per heavy atom. The number of hydrogen-bond acceptors (Lipinski definition) is 5. The second-order valence-corrected chi connectivity index (χ2v) is 6.84. The smallest absolute Gasteiger partial charge is 0.339 e. The summed E-state index contributed by atoms with van der Waals surface area (Å²) in [6.07, 6.45) is 0. The Labute approximate surface area is 152 Å². The van der Waals surface area contributed by atoms with E-state index in [-0.39, 0.29) is 6.61 Å². The van der Waals surface area contributed by atoms with Crippen molar-refractivity contribution in [1.29, 1.82) is 0 Å². The van der Waals surface area contributed by atoms with E-state index in [0.29, 0.717) is 11.1 Å². The highest BCUT2D eigenvalue weighted by atomic mass is 127. The molecule has 23 heavy (non-hydrogen) atoms. The summed E-state index contributed by atoms with van der Waals surface area (Å²) in [6, 6.07) is 12.8. The maximum atomic E-state index is 12.2. The van der Waals surface area contributed by atoms with Crippen molar-refractivity contribution in [2.45, 2.75) is 16.7 Å². The van der Waals surface area contributed by atoms with Gasteiger partial charge in [0.25, 0.3) is 0 Å². The molecule has 0 atom stereocenters. The van der Waals surface area contributed by atoms with Crippen LogP contribution in [-0.2, 0) is 9.47 Å². The number of carbonyl (C=O) groups excluding carboxylic acids is 2. The average Bonchev–Trinajstić information content (AvgIpc) is 2.56. The first-order valence-electron chi connectivity index (χ1n) is 6.88. The molecule has 0 aliphatic heterocycles. The zero-order chi connectivity index (χ0) is 16.8. The van der Waals surface area contributed by atoms with Crippen LogP contribution in [0.3, 0.4) is 0 Å². The van der Waals surface area contributed by atoms with Gasteiger partial charge in [-0.25, -0.2) is 9.59 Å². The Hall–Kier alpha value is -1.54. The maximum absolute atomic E-state index is 12.2. The van der Waals surface area contributed by atoms with Crippen LogP contribution in [0.5, 0.6) is 0 Å². The minimum atomic E-state index is -0.485. The Bertz CT molecular complexity index is 713. The lowest BCUT2D eigenvalue weighted by atomic mass is 10.1. The fourth-order valence-electron chi connectivity index (χ4n) is 1.86. The highest BCUT2D eigenvalue weighted by molar-refractivity contribution is 14.1. The quantitative estimate of drug-likeness (QED) is 0.508. The summed E-state index contributed by atoms with van der Waals surface area (Å²) < 4.78 is 10.9. The van der Waals surface area contributed by atoms with Gasteiger partial charge < -0.3 is 9.47 Å². The molecule has 0 heterocycles. The topological polar surface area (TPSA) is 52.6 Å². The van der Waals surface area contributed by atoms with Crippen LogP contribution < -0.4 is 0 Å². The molecule has 0 bridgehead atoms. The molecule has 0 aliphatic carbocycles. The van der Waals surface area contributed by atoms with Crippen molar-refractivity contribution < 1.29 is 19.1 Å². The van der Waals surface area contributed by atoms with Gasteiger partial charge in [0, 0.05) is 13.4 Å². The molecule has 0 N–H and O–H groups in total. The number of esters is 2. The first-order valence-corrected chi connectivity index (χ1v) is 8.77. The minimum Gasteiger partial charge on any atom is -0.465 e. The fourth-order valence-corrected chi connectivity index (χ4v) is 3.14. The van der Waals surface area contributed by atoms with Crippen LogP contribution in [0.25, 0.3) is 0 Å². The van der Waals surface area contributed by atoms with Crippen molar-refractivity contribution in [2.75, 3.05) is 13.7 Å². The number of ether oxygens (including phenoxy) is 2. The second kappa shape index (κ2) is 8.35. The Balaban J connectivity index is 2.38. The van der Waals surface area contributed by atoms with Crippen LogP contribution in [0, 0.1) is 3.57 Å². The predicted octanol–water partition coefficient (Wildman–Crippen LogP) is 4.41. The van der Waals surface area contributed by atoms with Gasteiger partial charge in [-0.1, -0.05) is 11.8 Å². The molecule has 0 amide bonds. The lowest BCUT2D eigenvalue weighted by molar-refractivity contribution is 0.0522. The van der Waals surface area contributed by atoms with E-state index in [0.717, 1.165) is 13.4 Å². The summed E-state index contributed by atoms with van der Waals surface area (Å²) in [7, 11) is 1.31. The third-order valence-corrected chi connectivity index (χ3v) is 4.74. The molecule has 0 aliphatic rings. The minimum absolute atomic E-state index is 0.273. The zero-order valence-electron chi connectivity index (χ0n) is 12.7. The maximum Gasteiger partial charge on any atom is 0.339 e. The molecular weight excluding hydrogens is 427 g/mol. The molecule has 0 saturated heterocycles. The highest BCUT2D eigenvalue weighted by Crippen LogP contribution is 2.32. The van der Waals surface area contributed by atoms with Gasteiger partial charge in [0.05, 0.1) is 24.8 Å². The Kier molecular flexibility index (Phi) is 6.47. The van der Waals surface area contributed by atoms with Crippen LogP contribution in [-0.4, -0.2) is 25.7 Å². The molecule has 0 spiro atoms. The van der Waals surface area contributed by atoms with Crippen molar-refractivity contribution in [3.63, 3.8) is 0 Å². The third kappa shape index (κ3) is 4.71. The van der Waals surface area contributed by atoms with Crippen LogP contribution in [0.4, 0.5) is 0 Å². The van der Waals surface area contributed by atoms with Gasteiger partial charge >= 0.3 is 11.9 Å². The molecule has 0 unspecified atom stereocenters. The van der Waals surface area contributed by atoms with Crippen LogP contribution in [0.1, 0.15) is 27.6 Å². The fraction of sp³-hybridized carbons (Fsp3) is 0.176. The van der Waals surface area contributed by atoms with Crippen LogP contribution in [0.15, 0.2) is 52.3 Å². The first kappa shape index (κ1) is 17.8. The van der Waals surface area contributed by atoms with Crippen molar-refractivity contribution in [1.82, 2.24) is 0 Å². The SMILES string of the molecule is CCOC(=O)c1cc(C(=O)OC)ccc1Sc1ccc(I)cc1. The Morgan fingerprint density at radius 1 is 1.09 bits per heavy atom. The van der Waals surface area contributed by atoms with Gasteiger partial charge in [-0.3, -0.25) is 0 Å². The van der Waals surface area contributed by atoms with E-state index in [2.05, 4.69) is 22.6 Å². The van der Waals surface area contributed by atoms with E-state index in [4.69, 9.17) is 9.47 Å². The number of halogens is 1. The molecule has 0 radical (unpaired) electrons. The average molecular weight is 442 g/mol. The van der Waals surface area contributed by atoms with Crippen molar-refractivity contribution >= 4 is 46.3 Å². The summed E-state index contributed by atoms with van der Waals surface area (Å²) in [5.74, 6) is -0.937. The van der Waals surface area contributed by atoms with Crippen molar-refractivity contribution in [3.05, 3.63) is 57.2 Å². The van der Waals surface area contributed by atoms with E-state index in [1.54, 1.807) is 19.1 Å². The molecule has 0 fully saturated rings. The summed E-state index contributed by atoms with van der Waals surface area (Å²) >= 11 is 3.69. The first-order chi connectivity index (χ1) is 11.0. The van der Waals surface area contributed by atoms with E-state index in [9.17, 15) is 9.59 Å². The summed E-state index contributed by atoms with van der Waals surface area (Å²) in [6.45, 7) is 2.02. The predicted molar refractivity (Wildman–Crippen MR) is 97.0 cm³/mol. The largest absolute Gasteiger partial charge is 0.465 e. The van der Waals surface area contributed by atoms with E-state index >= 15 is 0 Å². The number of carbonyl (C=O) groups is 2. The molecule has 2 rings (SSSR count). The van der Waals surface area contributed by atoms with Gasteiger partial charge in [0.15, 0.2) is 0 Å². The lowest BCUT2D eigenvalue weighted by Gasteiger charge is -2.10. The van der Waals surface area contributed by atoms with Crippen LogP contribution in [0.2, 0.25) is 0 Å². The van der Waals surface area contributed by atoms with Gasteiger partial charge in [0.2, 0.25) is 0 Å². The van der Waals surface area contributed by atoms with Crippen LogP contribution >= 0.6 is 34.4 Å². The molecule has 0 aromatic heterocycles. The van der Waals surface area contributed by atoms with Gasteiger partial charge in [0.1, 0.15) is 0 Å². The molecule has 6 heteroatoms. The molecular formula is C17H15IO4S. The normalized spacial score (nSPS) is 10.2. The Morgan fingerprint density at radius 3 is 2.39 bits per heavy atom. The zero-order valence-corrected chi connectivity index (χ0v) is 15.6. The third-order valence-electron chi connectivity index (χ3n) is 2.94.